The summed E-state index contributed by atoms with van der Waals surface area (Å²) in [6, 6.07) is 10.9. The van der Waals surface area contributed by atoms with Gasteiger partial charge in [-0.1, -0.05) is 44.2 Å². The highest BCUT2D eigenvalue weighted by molar-refractivity contribution is 7.11. The molecule has 1 N–H and O–H groups in total. The molecule has 1 aliphatic rings. The quantitative estimate of drug-likeness (QED) is 0.640. The number of rotatable bonds is 5. The summed E-state index contributed by atoms with van der Waals surface area (Å²) >= 11 is 1.82. The van der Waals surface area contributed by atoms with Gasteiger partial charge in [0.05, 0.1) is 5.01 Å². The molecule has 26 heavy (non-hydrogen) atoms. The molecule has 1 aromatic heterocycles. The van der Waals surface area contributed by atoms with E-state index < -0.39 is 0 Å². The molecule has 4 nitrogen and oxygen atoms in total. The number of likely N-dealkylation sites (tertiary alicyclic amines) is 1. The normalized spacial score (nSPS) is 21.0. The van der Waals surface area contributed by atoms with Crippen molar-refractivity contribution in [3.05, 3.63) is 52.0 Å². The summed E-state index contributed by atoms with van der Waals surface area (Å²) in [5.41, 5.74) is 1.47. The Morgan fingerprint density at radius 3 is 2.81 bits per heavy atom. The maximum Gasteiger partial charge on any atom is 0.193 e. The van der Waals surface area contributed by atoms with E-state index in [9.17, 15) is 0 Å². The number of aryl methyl sites for hydroxylation is 1. The van der Waals surface area contributed by atoms with Gasteiger partial charge in [0.1, 0.15) is 0 Å². The SMILES string of the molecule is CCc1cnc(CCNC(=NC)N2CCC(c3ccccc3)C(C)C2)s1. The van der Waals surface area contributed by atoms with Crippen LogP contribution in [0, 0.1) is 5.92 Å². The van der Waals surface area contributed by atoms with Crippen LogP contribution in [0.4, 0.5) is 0 Å². The number of hydrogen-bond acceptors (Lipinski definition) is 3. The molecular weight excluding hydrogens is 340 g/mol. The summed E-state index contributed by atoms with van der Waals surface area (Å²) in [5.74, 6) is 2.29. The zero-order valence-corrected chi connectivity index (χ0v) is 16.9. The third-order valence-electron chi connectivity index (χ3n) is 5.22. The van der Waals surface area contributed by atoms with Crippen LogP contribution < -0.4 is 5.32 Å². The Morgan fingerprint density at radius 2 is 2.15 bits per heavy atom. The first-order chi connectivity index (χ1) is 12.7. The molecule has 0 saturated carbocycles. The molecule has 2 heterocycles. The average Bonchev–Trinajstić information content (AvgIpc) is 3.14. The van der Waals surface area contributed by atoms with Crippen LogP contribution >= 0.6 is 11.3 Å². The minimum absolute atomic E-state index is 0.621. The lowest BCUT2D eigenvalue weighted by molar-refractivity contribution is 0.234. The number of benzene rings is 1. The van der Waals surface area contributed by atoms with Gasteiger partial charge in [0.25, 0.3) is 0 Å². The predicted octanol–water partition coefficient (Wildman–Crippen LogP) is 3.95. The fraction of sp³-hybridized carbons (Fsp3) is 0.524. The van der Waals surface area contributed by atoms with Gasteiger partial charge in [-0.05, 0) is 30.2 Å². The van der Waals surface area contributed by atoms with Crippen LogP contribution in [-0.4, -0.2) is 42.5 Å². The van der Waals surface area contributed by atoms with Gasteiger partial charge in [-0.3, -0.25) is 4.99 Å². The molecule has 0 bridgehead atoms. The van der Waals surface area contributed by atoms with Crippen LogP contribution in [0.1, 0.15) is 41.6 Å². The first kappa shape index (κ1) is 18.9. The van der Waals surface area contributed by atoms with E-state index in [4.69, 9.17) is 0 Å². The van der Waals surface area contributed by atoms with Crippen LogP contribution in [-0.2, 0) is 12.8 Å². The molecule has 2 unspecified atom stereocenters. The number of nitrogens with zero attached hydrogens (tertiary/aromatic N) is 3. The van der Waals surface area contributed by atoms with Gasteiger partial charge in [-0.25, -0.2) is 4.98 Å². The lowest BCUT2D eigenvalue weighted by Gasteiger charge is -2.38. The predicted molar refractivity (Wildman–Crippen MR) is 111 cm³/mol. The number of guanidine groups is 1. The molecule has 2 aromatic rings. The van der Waals surface area contributed by atoms with Gasteiger partial charge in [-0.15, -0.1) is 11.3 Å². The van der Waals surface area contributed by atoms with Crippen LogP contribution in [0.15, 0.2) is 41.5 Å². The Labute approximate surface area is 161 Å². The largest absolute Gasteiger partial charge is 0.356 e. The summed E-state index contributed by atoms with van der Waals surface area (Å²) in [6.45, 7) is 7.53. The lowest BCUT2D eigenvalue weighted by atomic mass is 9.82. The Kier molecular flexibility index (Phi) is 6.67. The van der Waals surface area contributed by atoms with Crippen LogP contribution in [0.2, 0.25) is 0 Å². The third kappa shape index (κ3) is 4.64. The van der Waals surface area contributed by atoms with E-state index in [1.807, 2.05) is 24.6 Å². The highest BCUT2D eigenvalue weighted by atomic mass is 32.1. The standard InChI is InChI=1S/C21H30N4S/c1-4-18-14-24-20(26-18)10-12-23-21(22-3)25-13-11-19(16(2)15-25)17-8-6-5-7-9-17/h5-9,14,16,19H,4,10-13,15H2,1-3H3,(H,22,23). The molecule has 1 saturated heterocycles. The molecule has 0 aliphatic carbocycles. The van der Waals surface area contributed by atoms with Crippen molar-refractivity contribution in [1.82, 2.24) is 15.2 Å². The summed E-state index contributed by atoms with van der Waals surface area (Å²) in [6.07, 6.45) is 5.21. The summed E-state index contributed by atoms with van der Waals surface area (Å²) in [7, 11) is 1.88. The van der Waals surface area contributed by atoms with Gasteiger partial charge in [0, 0.05) is 44.2 Å². The molecule has 140 valence electrons. The third-order valence-corrected chi connectivity index (χ3v) is 6.42. The molecule has 1 fully saturated rings. The summed E-state index contributed by atoms with van der Waals surface area (Å²) < 4.78 is 0. The van der Waals surface area contributed by atoms with Gasteiger partial charge in [0.15, 0.2) is 5.96 Å². The van der Waals surface area contributed by atoms with Crippen molar-refractivity contribution in [3.8, 4) is 0 Å². The van der Waals surface area contributed by atoms with E-state index in [0.29, 0.717) is 11.8 Å². The second-order valence-corrected chi connectivity index (χ2v) is 8.23. The first-order valence-corrected chi connectivity index (χ1v) is 10.5. The van der Waals surface area contributed by atoms with Crippen molar-refractivity contribution in [1.29, 1.82) is 0 Å². The number of aliphatic imine (C=N–C) groups is 1. The van der Waals surface area contributed by atoms with Crippen LogP contribution in [0.3, 0.4) is 0 Å². The van der Waals surface area contributed by atoms with Gasteiger partial charge < -0.3 is 10.2 Å². The van der Waals surface area contributed by atoms with Crippen molar-refractivity contribution in [2.75, 3.05) is 26.7 Å². The molecule has 0 amide bonds. The van der Waals surface area contributed by atoms with Crippen molar-refractivity contribution in [2.45, 2.75) is 39.0 Å². The van der Waals surface area contributed by atoms with E-state index >= 15 is 0 Å². The fourth-order valence-corrected chi connectivity index (χ4v) is 4.64. The highest BCUT2D eigenvalue weighted by Crippen LogP contribution is 2.32. The zero-order chi connectivity index (χ0) is 18.4. The number of piperidine rings is 1. The van der Waals surface area contributed by atoms with E-state index in [2.05, 4.69) is 64.4 Å². The Bertz CT molecular complexity index is 710. The van der Waals surface area contributed by atoms with Crippen molar-refractivity contribution >= 4 is 17.3 Å². The zero-order valence-electron chi connectivity index (χ0n) is 16.1. The van der Waals surface area contributed by atoms with Crippen molar-refractivity contribution < 1.29 is 0 Å². The van der Waals surface area contributed by atoms with E-state index in [1.165, 1.54) is 21.9 Å². The topological polar surface area (TPSA) is 40.5 Å². The lowest BCUT2D eigenvalue weighted by Crippen LogP contribution is -2.48. The number of nitrogens with one attached hydrogen (secondary N) is 1. The molecule has 2 atom stereocenters. The first-order valence-electron chi connectivity index (χ1n) is 9.65. The molecule has 5 heteroatoms. The average molecular weight is 371 g/mol. The Morgan fingerprint density at radius 1 is 1.35 bits per heavy atom. The van der Waals surface area contributed by atoms with Gasteiger partial charge >= 0.3 is 0 Å². The molecule has 0 spiro atoms. The number of thiazole rings is 1. The minimum Gasteiger partial charge on any atom is -0.356 e. The summed E-state index contributed by atoms with van der Waals surface area (Å²) in [4.78, 5) is 12.8. The number of aromatic nitrogens is 1. The van der Waals surface area contributed by atoms with Crippen LogP contribution in [0.25, 0.3) is 0 Å². The maximum absolute atomic E-state index is 4.51. The number of hydrogen-bond donors (Lipinski definition) is 1. The molecule has 0 radical (unpaired) electrons. The minimum atomic E-state index is 0.621. The molecule has 1 aromatic carbocycles. The van der Waals surface area contributed by atoms with E-state index in [1.54, 1.807) is 0 Å². The molecule has 1 aliphatic heterocycles. The Hall–Kier alpha value is -1.88. The second-order valence-electron chi connectivity index (χ2n) is 7.03. The molecular formula is C21H30N4S. The van der Waals surface area contributed by atoms with Crippen molar-refractivity contribution in [3.63, 3.8) is 0 Å². The fourth-order valence-electron chi connectivity index (χ4n) is 3.77. The summed E-state index contributed by atoms with van der Waals surface area (Å²) in [5, 5.41) is 4.74. The van der Waals surface area contributed by atoms with Crippen molar-refractivity contribution in [2.24, 2.45) is 10.9 Å². The maximum atomic E-state index is 4.51. The van der Waals surface area contributed by atoms with Gasteiger partial charge in [0.2, 0.25) is 0 Å². The second kappa shape index (κ2) is 9.17. The van der Waals surface area contributed by atoms with E-state index in [-0.39, 0.29) is 0 Å². The monoisotopic (exact) mass is 370 g/mol. The highest BCUT2D eigenvalue weighted by Gasteiger charge is 2.28. The Balaban J connectivity index is 1.51. The molecule has 3 rings (SSSR count). The van der Waals surface area contributed by atoms with Gasteiger partial charge in [-0.2, -0.15) is 0 Å². The van der Waals surface area contributed by atoms with E-state index in [0.717, 1.165) is 38.4 Å². The smallest absolute Gasteiger partial charge is 0.193 e. The van der Waals surface area contributed by atoms with Crippen LogP contribution in [0.5, 0.6) is 0 Å².